The Balaban J connectivity index is 2.17. The first kappa shape index (κ1) is 13.8. The normalized spacial score (nSPS) is 10.8. The van der Waals surface area contributed by atoms with Gasteiger partial charge in [0.25, 0.3) is 0 Å². The quantitative estimate of drug-likeness (QED) is 0.638. The van der Waals surface area contributed by atoms with E-state index in [0.717, 1.165) is 23.6 Å². The SMILES string of the molecule is O=C(c1cc(F)ccc1F)c1nc2ccccc2cc1Br. The fourth-order valence-corrected chi connectivity index (χ4v) is 2.56. The maximum Gasteiger partial charge on any atom is 0.215 e. The summed E-state index contributed by atoms with van der Waals surface area (Å²) in [6.07, 6.45) is 0. The lowest BCUT2D eigenvalue weighted by Crippen LogP contribution is -2.08. The van der Waals surface area contributed by atoms with Crippen LogP contribution in [0.4, 0.5) is 8.78 Å². The first-order valence-corrected chi connectivity index (χ1v) is 6.90. The first-order chi connectivity index (χ1) is 10.1. The number of rotatable bonds is 2. The van der Waals surface area contributed by atoms with Crippen molar-refractivity contribution < 1.29 is 13.6 Å². The molecule has 0 saturated carbocycles. The number of fused-ring (bicyclic) bond motifs is 1. The highest BCUT2D eigenvalue weighted by molar-refractivity contribution is 9.10. The van der Waals surface area contributed by atoms with E-state index in [-0.39, 0.29) is 11.3 Å². The van der Waals surface area contributed by atoms with Crippen LogP contribution in [0, 0.1) is 11.6 Å². The Labute approximate surface area is 127 Å². The molecule has 2 nitrogen and oxygen atoms in total. The van der Waals surface area contributed by atoms with Crippen molar-refractivity contribution in [2.45, 2.75) is 0 Å². The van der Waals surface area contributed by atoms with Gasteiger partial charge in [-0.1, -0.05) is 18.2 Å². The standard InChI is InChI=1S/C16H8BrF2NO/c17-12-7-9-3-1-2-4-14(9)20-15(12)16(21)11-8-10(18)5-6-13(11)19/h1-8H. The summed E-state index contributed by atoms with van der Waals surface area (Å²) in [4.78, 5) is 16.6. The van der Waals surface area contributed by atoms with Gasteiger partial charge < -0.3 is 0 Å². The van der Waals surface area contributed by atoms with Crippen molar-refractivity contribution in [3.63, 3.8) is 0 Å². The molecule has 0 saturated heterocycles. The molecule has 0 bridgehead atoms. The van der Waals surface area contributed by atoms with E-state index in [1.165, 1.54) is 0 Å². The number of hydrogen-bond acceptors (Lipinski definition) is 2. The topological polar surface area (TPSA) is 30.0 Å². The molecule has 1 aromatic heterocycles. The molecule has 0 fully saturated rings. The van der Waals surface area contributed by atoms with Crippen LogP contribution in [0.15, 0.2) is 53.0 Å². The molecule has 0 aliphatic rings. The minimum atomic E-state index is -0.775. The average Bonchev–Trinajstić information content (AvgIpc) is 2.48. The second kappa shape index (κ2) is 5.33. The van der Waals surface area contributed by atoms with Crippen LogP contribution in [0.2, 0.25) is 0 Å². The van der Waals surface area contributed by atoms with Crippen molar-refractivity contribution >= 4 is 32.6 Å². The maximum atomic E-state index is 13.7. The molecule has 1 heterocycles. The number of pyridine rings is 1. The lowest BCUT2D eigenvalue weighted by molar-refractivity contribution is 0.102. The third-order valence-electron chi connectivity index (χ3n) is 3.07. The van der Waals surface area contributed by atoms with E-state index in [2.05, 4.69) is 20.9 Å². The Hall–Kier alpha value is -2.14. The molecule has 0 aliphatic carbocycles. The van der Waals surface area contributed by atoms with E-state index >= 15 is 0 Å². The Morgan fingerprint density at radius 2 is 1.81 bits per heavy atom. The van der Waals surface area contributed by atoms with Crippen molar-refractivity contribution in [1.29, 1.82) is 0 Å². The Bertz CT molecular complexity index is 864. The van der Waals surface area contributed by atoms with Crippen LogP contribution in [0.1, 0.15) is 16.1 Å². The predicted molar refractivity (Wildman–Crippen MR) is 79.2 cm³/mol. The third kappa shape index (κ3) is 2.56. The summed E-state index contributed by atoms with van der Waals surface area (Å²) in [5, 5.41) is 0.848. The maximum absolute atomic E-state index is 13.7. The number of nitrogens with zero attached hydrogens (tertiary/aromatic N) is 1. The number of carbonyl (C=O) groups excluding carboxylic acids is 1. The smallest absolute Gasteiger partial charge is 0.215 e. The molecular weight excluding hydrogens is 340 g/mol. The van der Waals surface area contributed by atoms with Crippen LogP contribution in [-0.2, 0) is 0 Å². The second-order valence-corrected chi connectivity index (χ2v) is 5.32. The highest BCUT2D eigenvalue weighted by Gasteiger charge is 2.19. The van der Waals surface area contributed by atoms with Gasteiger partial charge in [0.2, 0.25) is 5.78 Å². The predicted octanol–water partition coefficient (Wildman–Crippen LogP) is 4.51. The molecule has 0 unspecified atom stereocenters. The molecule has 5 heteroatoms. The number of hydrogen-bond donors (Lipinski definition) is 0. The summed E-state index contributed by atoms with van der Waals surface area (Å²) in [5.74, 6) is -2.11. The van der Waals surface area contributed by atoms with Gasteiger partial charge in [0.05, 0.1) is 11.1 Å². The van der Waals surface area contributed by atoms with Crippen LogP contribution in [0.5, 0.6) is 0 Å². The molecule has 0 atom stereocenters. The zero-order chi connectivity index (χ0) is 15.0. The first-order valence-electron chi connectivity index (χ1n) is 6.11. The average molecular weight is 348 g/mol. The van der Waals surface area contributed by atoms with Crippen LogP contribution in [0.3, 0.4) is 0 Å². The molecule has 0 spiro atoms. The fraction of sp³-hybridized carbons (Fsp3) is 0. The third-order valence-corrected chi connectivity index (χ3v) is 3.67. The highest BCUT2D eigenvalue weighted by atomic mass is 79.9. The van der Waals surface area contributed by atoms with Gasteiger partial charge in [0.15, 0.2) is 0 Å². The molecule has 3 rings (SSSR count). The molecule has 104 valence electrons. The number of halogens is 3. The minimum absolute atomic E-state index is 0.0539. The molecule has 2 aromatic carbocycles. The van der Waals surface area contributed by atoms with E-state index in [0.29, 0.717) is 9.99 Å². The lowest BCUT2D eigenvalue weighted by atomic mass is 10.1. The summed E-state index contributed by atoms with van der Waals surface area (Å²) < 4.78 is 27.4. The summed E-state index contributed by atoms with van der Waals surface area (Å²) in [5.41, 5.74) is 0.331. The highest BCUT2D eigenvalue weighted by Crippen LogP contribution is 2.24. The van der Waals surface area contributed by atoms with Gasteiger partial charge in [-0.05, 0) is 46.3 Å². The Kier molecular flexibility index (Phi) is 3.51. The van der Waals surface area contributed by atoms with E-state index in [4.69, 9.17) is 0 Å². The van der Waals surface area contributed by atoms with E-state index in [1.54, 1.807) is 18.2 Å². The zero-order valence-corrected chi connectivity index (χ0v) is 12.2. The van der Waals surface area contributed by atoms with E-state index in [1.807, 2.05) is 12.1 Å². The summed E-state index contributed by atoms with van der Waals surface area (Å²) >= 11 is 3.26. The summed E-state index contributed by atoms with van der Waals surface area (Å²) in [6.45, 7) is 0. The van der Waals surface area contributed by atoms with Crippen LogP contribution in [0.25, 0.3) is 10.9 Å². The van der Waals surface area contributed by atoms with Crippen molar-refractivity contribution in [2.75, 3.05) is 0 Å². The van der Waals surface area contributed by atoms with E-state index < -0.39 is 17.4 Å². The van der Waals surface area contributed by atoms with Crippen LogP contribution in [-0.4, -0.2) is 10.8 Å². The van der Waals surface area contributed by atoms with Crippen LogP contribution >= 0.6 is 15.9 Å². The minimum Gasteiger partial charge on any atom is -0.287 e. The Morgan fingerprint density at radius 1 is 1.05 bits per heavy atom. The summed E-state index contributed by atoms with van der Waals surface area (Å²) in [7, 11) is 0. The number of ketones is 1. The van der Waals surface area contributed by atoms with Gasteiger partial charge in [0, 0.05) is 9.86 Å². The second-order valence-electron chi connectivity index (χ2n) is 4.46. The van der Waals surface area contributed by atoms with Gasteiger partial charge in [-0.2, -0.15) is 0 Å². The Morgan fingerprint density at radius 3 is 2.62 bits per heavy atom. The van der Waals surface area contributed by atoms with Crippen molar-refractivity contribution in [1.82, 2.24) is 4.98 Å². The summed E-state index contributed by atoms with van der Waals surface area (Å²) in [6, 6.07) is 11.7. The molecule has 0 amide bonds. The van der Waals surface area contributed by atoms with Gasteiger partial charge in [-0.15, -0.1) is 0 Å². The van der Waals surface area contributed by atoms with Gasteiger partial charge >= 0.3 is 0 Å². The van der Waals surface area contributed by atoms with Gasteiger partial charge in [0.1, 0.15) is 17.3 Å². The number of benzene rings is 2. The van der Waals surface area contributed by atoms with Crippen molar-refractivity contribution in [3.05, 3.63) is 75.9 Å². The van der Waals surface area contributed by atoms with Gasteiger partial charge in [-0.25, -0.2) is 13.8 Å². The molecule has 0 radical (unpaired) electrons. The zero-order valence-electron chi connectivity index (χ0n) is 10.6. The number of carbonyl (C=O) groups is 1. The number of para-hydroxylation sites is 1. The lowest BCUT2D eigenvalue weighted by Gasteiger charge is -2.06. The van der Waals surface area contributed by atoms with Crippen molar-refractivity contribution in [2.24, 2.45) is 0 Å². The van der Waals surface area contributed by atoms with Crippen molar-refractivity contribution in [3.8, 4) is 0 Å². The molecule has 0 aliphatic heterocycles. The molecule has 21 heavy (non-hydrogen) atoms. The van der Waals surface area contributed by atoms with Gasteiger partial charge in [-0.3, -0.25) is 4.79 Å². The molecule has 0 N–H and O–H groups in total. The van der Waals surface area contributed by atoms with E-state index in [9.17, 15) is 13.6 Å². The largest absolute Gasteiger partial charge is 0.287 e. The molecular formula is C16H8BrF2NO. The van der Waals surface area contributed by atoms with Crippen LogP contribution < -0.4 is 0 Å². The number of aromatic nitrogens is 1. The molecule has 3 aromatic rings. The fourth-order valence-electron chi connectivity index (χ4n) is 2.05. The monoisotopic (exact) mass is 347 g/mol.